The molecule has 0 N–H and O–H groups in total. The summed E-state index contributed by atoms with van der Waals surface area (Å²) in [5.41, 5.74) is 0.0830. The van der Waals surface area contributed by atoms with Crippen LogP contribution in [-0.2, 0) is 29.8 Å². The van der Waals surface area contributed by atoms with Crippen molar-refractivity contribution >= 4 is 10.0 Å². The second kappa shape index (κ2) is 7.27. The number of halogens is 3. The minimum Gasteiger partial charge on any atom is -0.274 e. The highest BCUT2D eigenvalue weighted by Gasteiger charge is 2.40. The Balaban J connectivity index is 1.83. The Morgan fingerprint density at radius 1 is 1.14 bits per heavy atom. The van der Waals surface area contributed by atoms with Gasteiger partial charge in [-0.1, -0.05) is 0 Å². The quantitative estimate of drug-likeness (QED) is 0.723. The van der Waals surface area contributed by atoms with Crippen LogP contribution in [0.2, 0.25) is 0 Å². The molecule has 3 rings (SSSR count). The van der Waals surface area contributed by atoms with Gasteiger partial charge in [-0.25, -0.2) is 17.9 Å². The molecular weight excluding hydrogens is 413 g/mol. The highest BCUT2D eigenvalue weighted by atomic mass is 32.2. The Bertz CT molecular complexity index is 1070. The van der Waals surface area contributed by atoms with Crippen molar-refractivity contribution < 1.29 is 21.6 Å². The number of sulfonamides is 1. The standard InChI is InChI=1S/C16H23F3N6O3S/c1-5-24-11(3)13(10(2)20-24)29(27,28)23-8-6-12(7-9-23)25-15(26)22(4)14(21-25)16(17,18)19/h12H,5-9H2,1-4H3. The molecule has 0 amide bonds. The monoisotopic (exact) mass is 436 g/mol. The van der Waals surface area contributed by atoms with Crippen molar-refractivity contribution in [2.45, 2.75) is 57.3 Å². The Hall–Kier alpha value is -2.15. The van der Waals surface area contributed by atoms with Crippen LogP contribution in [0.15, 0.2) is 9.69 Å². The number of aryl methyl sites for hydroxylation is 2. The van der Waals surface area contributed by atoms with E-state index in [4.69, 9.17) is 0 Å². The van der Waals surface area contributed by atoms with Crippen molar-refractivity contribution in [3.8, 4) is 0 Å². The molecule has 0 aromatic carbocycles. The van der Waals surface area contributed by atoms with Crippen molar-refractivity contribution in [3.05, 3.63) is 27.7 Å². The zero-order valence-corrected chi connectivity index (χ0v) is 17.4. The van der Waals surface area contributed by atoms with Gasteiger partial charge in [-0.3, -0.25) is 9.25 Å². The largest absolute Gasteiger partial charge is 0.451 e. The van der Waals surface area contributed by atoms with Crippen LogP contribution in [0.1, 0.15) is 43.0 Å². The third-order valence-corrected chi connectivity index (χ3v) is 7.39. The van der Waals surface area contributed by atoms with Crippen LogP contribution in [0.3, 0.4) is 0 Å². The Morgan fingerprint density at radius 3 is 2.17 bits per heavy atom. The molecule has 162 valence electrons. The smallest absolute Gasteiger partial charge is 0.274 e. The molecule has 29 heavy (non-hydrogen) atoms. The first kappa shape index (κ1) is 21.6. The van der Waals surface area contributed by atoms with Gasteiger partial charge in [0.2, 0.25) is 15.8 Å². The first-order chi connectivity index (χ1) is 13.4. The fraction of sp³-hybridized carbons (Fsp3) is 0.688. The van der Waals surface area contributed by atoms with Crippen LogP contribution < -0.4 is 5.69 Å². The molecular formula is C16H23F3N6O3S. The van der Waals surface area contributed by atoms with E-state index in [0.29, 0.717) is 22.5 Å². The van der Waals surface area contributed by atoms with Gasteiger partial charge in [0.15, 0.2) is 0 Å². The van der Waals surface area contributed by atoms with E-state index in [2.05, 4.69) is 10.2 Å². The van der Waals surface area contributed by atoms with E-state index in [1.807, 2.05) is 6.92 Å². The van der Waals surface area contributed by atoms with E-state index < -0.39 is 33.8 Å². The fourth-order valence-corrected chi connectivity index (χ4v) is 5.60. The lowest BCUT2D eigenvalue weighted by molar-refractivity contribution is -0.147. The van der Waals surface area contributed by atoms with Crippen LogP contribution in [0.5, 0.6) is 0 Å². The summed E-state index contributed by atoms with van der Waals surface area (Å²) in [4.78, 5) is 12.3. The fourth-order valence-electron chi connectivity index (χ4n) is 3.76. The second-order valence-electron chi connectivity index (χ2n) is 7.06. The first-order valence-corrected chi connectivity index (χ1v) is 10.6. The lowest BCUT2D eigenvalue weighted by Crippen LogP contribution is -2.41. The van der Waals surface area contributed by atoms with E-state index in [1.54, 1.807) is 18.5 Å². The van der Waals surface area contributed by atoms with Crippen molar-refractivity contribution in [1.82, 2.24) is 28.4 Å². The summed E-state index contributed by atoms with van der Waals surface area (Å²) < 4.78 is 69.3. The van der Waals surface area contributed by atoms with E-state index in [-0.39, 0.29) is 30.8 Å². The number of alkyl halides is 3. The SMILES string of the molecule is CCn1nc(C)c(S(=O)(=O)N2CCC(n3nc(C(F)(F)F)n(C)c3=O)CC2)c1C. The molecule has 0 bridgehead atoms. The van der Waals surface area contributed by atoms with Gasteiger partial charge in [-0.2, -0.15) is 22.6 Å². The average Bonchev–Trinajstić information content (AvgIpc) is 3.11. The van der Waals surface area contributed by atoms with Gasteiger partial charge in [0, 0.05) is 26.7 Å². The third-order valence-electron chi connectivity index (χ3n) is 5.24. The minimum atomic E-state index is -4.74. The van der Waals surface area contributed by atoms with Crippen LogP contribution >= 0.6 is 0 Å². The molecule has 0 spiro atoms. The highest BCUT2D eigenvalue weighted by Crippen LogP contribution is 2.30. The molecule has 0 atom stereocenters. The molecule has 1 fully saturated rings. The predicted molar refractivity (Wildman–Crippen MR) is 96.9 cm³/mol. The summed E-state index contributed by atoms with van der Waals surface area (Å²) in [6.45, 7) is 5.87. The molecule has 2 aromatic heterocycles. The summed E-state index contributed by atoms with van der Waals surface area (Å²) in [6.07, 6.45) is -4.36. The van der Waals surface area contributed by atoms with Gasteiger partial charge in [-0.05, 0) is 33.6 Å². The molecule has 0 aliphatic carbocycles. The number of hydrogen-bond acceptors (Lipinski definition) is 5. The first-order valence-electron chi connectivity index (χ1n) is 9.16. The van der Waals surface area contributed by atoms with E-state index in [1.165, 1.54) is 4.31 Å². The molecule has 9 nitrogen and oxygen atoms in total. The minimum absolute atomic E-state index is 0.0769. The summed E-state index contributed by atoms with van der Waals surface area (Å²) >= 11 is 0. The van der Waals surface area contributed by atoms with Crippen molar-refractivity contribution in [2.75, 3.05) is 13.1 Å². The molecule has 3 heterocycles. The zero-order chi connectivity index (χ0) is 21.7. The normalized spacial score (nSPS) is 17.2. The molecule has 1 aliphatic rings. The van der Waals surface area contributed by atoms with E-state index in [9.17, 15) is 26.4 Å². The Labute approximate surface area is 165 Å². The van der Waals surface area contributed by atoms with Crippen LogP contribution in [0.25, 0.3) is 0 Å². The van der Waals surface area contributed by atoms with Gasteiger partial charge in [-0.15, -0.1) is 5.10 Å². The summed E-state index contributed by atoms with van der Waals surface area (Å²) in [5, 5.41) is 7.70. The van der Waals surface area contributed by atoms with E-state index >= 15 is 0 Å². The summed E-state index contributed by atoms with van der Waals surface area (Å²) in [7, 11) is -2.78. The number of aromatic nitrogens is 5. The lowest BCUT2D eigenvalue weighted by atomic mass is 10.1. The van der Waals surface area contributed by atoms with Gasteiger partial charge in [0.1, 0.15) is 4.90 Å². The molecule has 0 saturated carbocycles. The summed E-state index contributed by atoms with van der Waals surface area (Å²) in [6, 6.07) is -0.600. The summed E-state index contributed by atoms with van der Waals surface area (Å²) in [5.74, 6) is -1.27. The maximum absolute atomic E-state index is 13.1. The number of piperidine rings is 1. The van der Waals surface area contributed by atoms with Crippen LogP contribution in [0.4, 0.5) is 13.2 Å². The zero-order valence-electron chi connectivity index (χ0n) is 16.6. The van der Waals surface area contributed by atoms with Crippen LogP contribution in [0, 0.1) is 13.8 Å². The molecule has 0 unspecified atom stereocenters. The molecule has 2 aromatic rings. The van der Waals surface area contributed by atoms with Crippen molar-refractivity contribution in [1.29, 1.82) is 0 Å². The lowest BCUT2D eigenvalue weighted by Gasteiger charge is -2.30. The van der Waals surface area contributed by atoms with Gasteiger partial charge < -0.3 is 0 Å². The Kier molecular flexibility index (Phi) is 5.41. The van der Waals surface area contributed by atoms with Gasteiger partial charge in [0.05, 0.1) is 17.4 Å². The molecule has 1 aliphatic heterocycles. The third kappa shape index (κ3) is 3.61. The van der Waals surface area contributed by atoms with Crippen molar-refractivity contribution in [2.24, 2.45) is 7.05 Å². The van der Waals surface area contributed by atoms with Crippen LogP contribution in [-0.4, -0.2) is 49.9 Å². The molecule has 0 radical (unpaired) electrons. The van der Waals surface area contributed by atoms with E-state index in [0.717, 1.165) is 11.7 Å². The van der Waals surface area contributed by atoms with Gasteiger partial charge in [0.25, 0.3) is 0 Å². The highest BCUT2D eigenvalue weighted by molar-refractivity contribution is 7.89. The van der Waals surface area contributed by atoms with Crippen molar-refractivity contribution in [3.63, 3.8) is 0 Å². The molecule has 1 saturated heterocycles. The number of rotatable bonds is 4. The topological polar surface area (TPSA) is 95.0 Å². The predicted octanol–water partition coefficient (Wildman–Crippen LogP) is 1.46. The Morgan fingerprint density at radius 2 is 1.72 bits per heavy atom. The maximum Gasteiger partial charge on any atom is 0.451 e. The number of nitrogens with zero attached hydrogens (tertiary/aromatic N) is 6. The van der Waals surface area contributed by atoms with Gasteiger partial charge >= 0.3 is 11.9 Å². The average molecular weight is 436 g/mol. The number of hydrogen-bond donors (Lipinski definition) is 0. The molecule has 13 heteroatoms. The maximum atomic E-state index is 13.1. The second-order valence-corrected chi connectivity index (χ2v) is 8.93.